The molecule has 0 aliphatic heterocycles. The van der Waals surface area contributed by atoms with Gasteiger partial charge in [0.05, 0.1) is 0 Å². The summed E-state index contributed by atoms with van der Waals surface area (Å²) in [4.78, 5) is 10.6. The second-order valence-electron chi connectivity index (χ2n) is 9.39. The highest BCUT2D eigenvalue weighted by Crippen LogP contribution is 2.50. The standard InChI is InChI=1S/C20H36O3Si/c1-20(2,3)24(4,5)23-14-17-11-10-16-12-15(13-18(16)17)8-6-7-9-19(21)22/h8,16-18H,6-7,9-14H2,1-5H3,(H,21,22)/b15-8+/t16-,17-,18+/m1/s1. The maximum absolute atomic E-state index is 10.6. The van der Waals surface area contributed by atoms with Crippen LogP contribution in [0.5, 0.6) is 0 Å². The van der Waals surface area contributed by atoms with Crippen LogP contribution in [0.1, 0.15) is 65.7 Å². The summed E-state index contributed by atoms with van der Waals surface area (Å²) in [5.41, 5.74) is 1.58. The molecule has 0 bridgehead atoms. The van der Waals surface area contributed by atoms with Crippen LogP contribution in [-0.4, -0.2) is 26.0 Å². The summed E-state index contributed by atoms with van der Waals surface area (Å²) in [7, 11) is -1.64. The van der Waals surface area contributed by atoms with Crippen LogP contribution in [0.15, 0.2) is 11.6 Å². The molecule has 1 N–H and O–H groups in total. The van der Waals surface area contributed by atoms with Gasteiger partial charge in [-0.25, -0.2) is 0 Å². The van der Waals surface area contributed by atoms with Crippen molar-refractivity contribution in [2.75, 3.05) is 6.61 Å². The van der Waals surface area contributed by atoms with Crippen molar-refractivity contribution in [1.29, 1.82) is 0 Å². The Morgan fingerprint density at radius 1 is 1.29 bits per heavy atom. The number of carboxylic acids is 1. The van der Waals surface area contributed by atoms with Crippen molar-refractivity contribution in [3.8, 4) is 0 Å². The fourth-order valence-electron chi connectivity index (χ4n) is 4.02. The van der Waals surface area contributed by atoms with Crippen molar-refractivity contribution in [2.45, 2.75) is 83.8 Å². The molecular formula is C20H36O3Si. The molecule has 4 heteroatoms. The Morgan fingerprint density at radius 3 is 2.62 bits per heavy atom. The Bertz CT molecular complexity index is 476. The van der Waals surface area contributed by atoms with Gasteiger partial charge in [-0.15, -0.1) is 0 Å². The van der Waals surface area contributed by atoms with Gasteiger partial charge in [0.25, 0.3) is 0 Å². The third-order valence-corrected chi connectivity index (χ3v) is 11.1. The Kier molecular flexibility index (Phi) is 6.35. The molecule has 3 atom stereocenters. The van der Waals surface area contributed by atoms with E-state index in [2.05, 4.69) is 39.9 Å². The van der Waals surface area contributed by atoms with Gasteiger partial charge < -0.3 is 9.53 Å². The van der Waals surface area contributed by atoms with Crippen LogP contribution in [0.4, 0.5) is 0 Å². The smallest absolute Gasteiger partial charge is 0.303 e. The zero-order valence-corrected chi connectivity index (χ0v) is 17.2. The molecule has 0 heterocycles. The molecule has 2 saturated carbocycles. The molecule has 0 saturated heterocycles. The van der Waals surface area contributed by atoms with E-state index in [0.717, 1.165) is 37.2 Å². The van der Waals surface area contributed by atoms with Crippen molar-refractivity contribution in [1.82, 2.24) is 0 Å². The third kappa shape index (κ3) is 4.95. The fraction of sp³-hybridized carbons (Fsp3) is 0.850. The lowest BCUT2D eigenvalue weighted by Crippen LogP contribution is -2.42. The lowest BCUT2D eigenvalue weighted by Gasteiger charge is -2.37. The van der Waals surface area contributed by atoms with Gasteiger partial charge in [0, 0.05) is 13.0 Å². The van der Waals surface area contributed by atoms with Gasteiger partial charge >= 0.3 is 5.97 Å². The van der Waals surface area contributed by atoms with Gasteiger partial charge in [-0.05, 0) is 74.4 Å². The predicted molar refractivity (Wildman–Crippen MR) is 102 cm³/mol. The zero-order chi connectivity index (χ0) is 18.0. The van der Waals surface area contributed by atoms with Crippen LogP contribution in [0.3, 0.4) is 0 Å². The highest BCUT2D eigenvalue weighted by Gasteiger charge is 2.43. The van der Waals surface area contributed by atoms with Crippen LogP contribution in [0.2, 0.25) is 18.1 Å². The van der Waals surface area contributed by atoms with E-state index in [-0.39, 0.29) is 5.04 Å². The van der Waals surface area contributed by atoms with Gasteiger partial charge in [-0.2, -0.15) is 0 Å². The lowest BCUT2D eigenvalue weighted by molar-refractivity contribution is -0.137. The van der Waals surface area contributed by atoms with Crippen LogP contribution in [-0.2, 0) is 9.22 Å². The highest BCUT2D eigenvalue weighted by atomic mass is 28.4. The molecular weight excluding hydrogens is 316 g/mol. The summed E-state index contributed by atoms with van der Waals surface area (Å²) in [5, 5.41) is 9.01. The normalized spacial score (nSPS) is 29.2. The van der Waals surface area contributed by atoms with Crippen molar-refractivity contribution in [3.63, 3.8) is 0 Å². The Balaban J connectivity index is 1.82. The van der Waals surface area contributed by atoms with Gasteiger partial charge in [0.1, 0.15) is 0 Å². The van der Waals surface area contributed by atoms with Gasteiger partial charge in [-0.3, -0.25) is 4.79 Å². The fourth-order valence-corrected chi connectivity index (χ4v) is 5.08. The third-order valence-electron chi connectivity index (χ3n) is 6.63. The summed E-state index contributed by atoms with van der Waals surface area (Å²) in [5.74, 6) is 1.71. The first-order valence-electron chi connectivity index (χ1n) is 9.64. The first-order chi connectivity index (χ1) is 11.1. The molecule has 2 fully saturated rings. The van der Waals surface area contributed by atoms with Gasteiger partial charge in [-0.1, -0.05) is 32.4 Å². The molecule has 0 aromatic carbocycles. The zero-order valence-electron chi connectivity index (χ0n) is 16.2. The van der Waals surface area contributed by atoms with E-state index in [1.165, 1.54) is 25.7 Å². The van der Waals surface area contributed by atoms with E-state index < -0.39 is 14.3 Å². The summed E-state index contributed by atoms with van der Waals surface area (Å²) < 4.78 is 6.50. The predicted octanol–water partition coefficient (Wildman–Crippen LogP) is 5.63. The number of rotatable bonds is 7. The van der Waals surface area contributed by atoms with E-state index >= 15 is 0 Å². The molecule has 24 heavy (non-hydrogen) atoms. The molecule has 2 rings (SSSR count). The van der Waals surface area contributed by atoms with E-state index in [1.54, 1.807) is 5.57 Å². The second-order valence-corrected chi connectivity index (χ2v) is 14.2. The van der Waals surface area contributed by atoms with E-state index in [1.807, 2.05) is 0 Å². The topological polar surface area (TPSA) is 46.5 Å². The number of fused-ring (bicyclic) bond motifs is 1. The SMILES string of the molecule is CC(C)(C)[Si](C)(C)OC[C@H]1CC[C@@H]2C/C(=C\CCCC(=O)O)C[C@H]12. The van der Waals surface area contributed by atoms with E-state index in [4.69, 9.17) is 9.53 Å². The summed E-state index contributed by atoms with van der Waals surface area (Å²) >= 11 is 0. The maximum Gasteiger partial charge on any atom is 0.303 e. The quantitative estimate of drug-likeness (QED) is 0.367. The molecule has 0 aromatic heterocycles. The van der Waals surface area contributed by atoms with Crippen LogP contribution in [0.25, 0.3) is 0 Å². The first kappa shape index (κ1) is 19.7. The molecule has 0 aromatic rings. The number of carboxylic acid groups (broad SMARTS) is 1. The van der Waals surface area contributed by atoms with Gasteiger partial charge in [0.15, 0.2) is 8.32 Å². The Morgan fingerprint density at radius 2 is 2.00 bits per heavy atom. The number of allylic oxidation sites excluding steroid dienone is 2. The number of hydrogen-bond acceptors (Lipinski definition) is 2. The molecule has 2 aliphatic carbocycles. The van der Waals surface area contributed by atoms with E-state index in [0.29, 0.717) is 6.42 Å². The minimum atomic E-state index is -1.64. The number of hydrogen-bond donors (Lipinski definition) is 1. The number of unbranched alkanes of at least 4 members (excludes halogenated alkanes) is 1. The van der Waals surface area contributed by atoms with Crippen molar-refractivity contribution < 1.29 is 14.3 Å². The summed E-state index contributed by atoms with van der Waals surface area (Å²) in [6, 6.07) is 0. The molecule has 138 valence electrons. The average molecular weight is 353 g/mol. The van der Waals surface area contributed by atoms with E-state index in [9.17, 15) is 4.79 Å². The minimum absolute atomic E-state index is 0.288. The minimum Gasteiger partial charge on any atom is -0.481 e. The average Bonchev–Trinajstić information content (AvgIpc) is 3.00. The lowest BCUT2D eigenvalue weighted by atomic mass is 9.92. The van der Waals surface area contributed by atoms with Crippen molar-refractivity contribution in [3.05, 3.63) is 11.6 Å². The largest absolute Gasteiger partial charge is 0.481 e. The van der Waals surface area contributed by atoms with Crippen LogP contribution < -0.4 is 0 Å². The molecule has 0 amide bonds. The highest BCUT2D eigenvalue weighted by molar-refractivity contribution is 6.74. The van der Waals surface area contributed by atoms with Crippen molar-refractivity contribution in [2.24, 2.45) is 17.8 Å². The van der Waals surface area contributed by atoms with Crippen LogP contribution >= 0.6 is 0 Å². The Hall–Kier alpha value is -0.613. The van der Waals surface area contributed by atoms with Crippen LogP contribution in [0, 0.1) is 17.8 Å². The van der Waals surface area contributed by atoms with Gasteiger partial charge in [0.2, 0.25) is 0 Å². The summed E-state index contributed by atoms with van der Waals surface area (Å²) in [6.07, 6.45) is 9.46. The second kappa shape index (κ2) is 7.73. The molecule has 3 nitrogen and oxygen atoms in total. The first-order valence-corrected chi connectivity index (χ1v) is 12.5. The molecule has 2 aliphatic rings. The number of carbonyl (C=O) groups is 1. The monoisotopic (exact) mass is 352 g/mol. The number of aliphatic carboxylic acids is 1. The molecule has 0 radical (unpaired) electrons. The maximum atomic E-state index is 10.6. The molecule has 0 unspecified atom stereocenters. The summed E-state index contributed by atoms with van der Waals surface area (Å²) in [6.45, 7) is 12.6. The Labute approximate surface area is 149 Å². The van der Waals surface area contributed by atoms with Crippen molar-refractivity contribution >= 4 is 14.3 Å². The molecule has 0 spiro atoms.